The quantitative estimate of drug-likeness (QED) is 0.436. The lowest BCUT2D eigenvalue weighted by molar-refractivity contribution is -0.386. The Morgan fingerprint density at radius 3 is 2.52 bits per heavy atom. The smallest absolute Gasteiger partial charge is 0.270 e. The zero-order valence-electron chi connectivity index (χ0n) is 13.7. The third-order valence-corrected chi connectivity index (χ3v) is 4.27. The summed E-state index contributed by atoms with van der Waals surface area (Å²) in [7, 11) is 0. The van der Waals surface area contributed by atoms with Crippen LogP contribution in [-0.4, -0.2) is 29.5 Å². The Kier molecular flexibility index (Phi) is 4.21. The summed E-state index contributed by atoms with van der Waals surface area (Å²) in [6.07, 6.45) is 0. The number of halogens is 1. The van der Waals surface area contributed by atoms with Gasteiger partial charge in [0.15, 0.2) is 10.6 Å². The van der Waals surface area contributed by atoms with E-state index in [-0.39, 0.29) is 11.5 Å². The summed E-state index contributed by atoms with van der Waals surface area (Å²) in [5.74, 6) is 0.152. The highest BCUT2D eigenvalue weighted by atomic mass is 32.1. The van der Waals surface area contributed by atoms with Crippen molar-refractivity contribution in [1.82, 2.24) is 24.5 Å². The van der Waals surface area contributed by atoms with E-state index in [2.05, 4.69) is 15.3 Å². The number of aromatic nitrogens is 5. The summed E-state index contributed by atoms with van der Waals surface area (Å²) in [6.45, 7) is 5.04. The van der Waals surface area contributed by atoms with Crippen LogP contribution in [0.2, 0.25) is 0 Å². The molecule has 0 aliphatic heterocycles. The summed E-state index contributed by atoms with van der Waals surface area (Å²) >= 11 is 5.28. The number of hydrogen-bond acceptors (Lipinski definition) is 5. The lowest BCUT2D eigenvalue weighted by Crippen LogP contribution is -2.15. The van der Waals surface area contributed by atoms with Gasteiger partial charge in [0, 0.05) is 5.69 Å². The Bertz CT molecular complexity index is 1000. The van der Waals surface area contributed by atoms with Gasteiger partial charge in [-0.1, -0.05) is 0 Å². The molecule has 2 heterocycles. The molecule has 0 aliphatic carbocycles. The maximum absolute atomic E-state index is 13.2. The molecule has 2 aromatic heterocycles. The lowest BCUT2D eigenvalue weighted by Gasteiger charge is -2.15. The van der Waals surface area contributed by atoms with Crippen molar-refractivity contribution in [2.24, 2.45) is 0 Å². The normalized spacial score (nSPS) is 12.3. The SMILES string of the molecule is Cc1nn([C@H](C)c2n[nH]c(=S)n2-c2ccc(F)cc2)c(C)c1[N+](=O)[O-]. The summed E-state index contributed by atoms with van der Waals surface area (Å²) in [5, 5.41) is 22.4. The molecule has 0 saturated heterocycles. The van der Waals surface area contributed by atoms with E-state index in [0.29, 0.717) is 27.7 Å². The minimum atomic E-state index is -0.446. The molecule has 1 atom stereocenters. The van der Waals surface area contributed by atoms with Gasteiger partial charge >= 0.3 is 5.69 Å². The molecule has 0 bridgehead atoms. The molecule has 8 nitrogen and oxygen atoms in total. The van der Waals surface area contributed by atoms with E-state index in [1.807, 2.05) is 6.92 Å². The maximum atomic E-state index is 13.2. The van der Waals surface area contributed by atoms with Crippen molar-refractivity contribution in [1.29, 1.82) is 0 Å². The molecule has 1 N–H and O–H groups in total. The van der Waals surface area contributed by atoms with E-state index in [4.69, 9.17) is 12.2 Å². The second-order valence-corrected chi connectivity index (χ2v) is 5.98. The van der Waals surface area contributed by atoms with Gasteiger partial charge in [0.2, 0.25) is 0 Å². The number of hydrogen-bond donors (Lipinski definition) is 1. The Balaban J connectivity index is 2.12. The first-order valence-electron chi connectivity index (χ1n) is 7.44. The Morgan fingerprint density at radius 1 is 1.32 bits per heavy atom. The largest absolute Gasteiger partial charge is 0.312 e. The molecule has 130 valence electrons. The average Bonchev–Trinajstić information content (AvgIpc) is 3.07. The van der Waals surface area contributed by atoms with Gasteiger partial charge in [-0.25, -0.2) is 4.39 Å². The fraction of sp³-hybridized carbons (Fsp3) is 0.267. The van der Waals surface area contributed by atoms with Crippen LogP contribution in [0.15, 0.2) is 24.3 Å². The second kappa shape index (κ2) is 6.20. The van der Waals surface area contributed by atoms with Crippen LogP contribution in [0.3, 0.4) is 0 Å². The van der Waals surface area contributed by atoms with Crippen LogP contribution in [0.5, 0.6) is 0 Å². The highest BCUT2D eigenvalue weighted by Gasteiger charge is 2.27. The molecule has 10 heteroatoms. The molecule has 25 heavy (non-hydrogen) atoms. The number of nitrogens with zero attached hydrogens (tertiary/aromatic N) is 5. The minimum Gasteiger partial charge on any atom is -0.270 e. The molecular weight excluding hydrogens is 347 g/mol. The molecule has 3 rings (SSSR count). The number of H-pyrrole nitrogens is 1. The van der Waals surface area contributed by atoms with Crippen LogP contribution in [0.4, 0.5) is 10.1 Å². The number of benzene rings is 1. The van der Waals surface area contributed by atoms with Gasteiger partial charge in [-0.05, 0) is 57.3 Å². The highest BCUT2D eigenvalue weighted by Crippen LogP contribution is 2.28. The third kappa shape index (κ3) is 2.84. The summed E-state index contributed by atoms with van der Waals surface area (Å²) in [4.78, 5) is 10.8. The van der Waals surface area contributed by atoms with Gasteiger partial charge in [-0.3, -0.25) is 24.5 Å². The van der Waals surface area contributed by atoms with Crippen LogP contribution in [0.1, 0.15) is 30.2 Å². The maximum Gasteiger partial charge on any atom is 0.312 e. The van der Waals surface area contributed by atoms with E-state index < -0.39 is 11.0 Å². The second-order valence-electron chi connectivity index (χ2n) is 5.60. The molecule has 0 radical (unpaired) electrons. The van der Waals surface area contributed by atoms with Crippen LogP contribution in [-0.2, 0) is 0 Å². The molecule has 1 aromatic carbocycles. The monoisotopic (exact) mass is 362 g/mol. The highest BCUT2D eigenvalue weighted by molar-refractivity contribution is 7.71. The van der Waals surface area contributed by atoms with Gasteiger partial charge in [0.05, 0.1) is 4.92 Å². The molecule has 0 spiro atoms. The fourth-order valence-corrected chi connectivity index (χ4v) is 3.08. The first-order valence-corrected chi connectivity index (χ1v) is 7.85. The van der Waals surface area contributed by atoms with Gasteiger partial charge in [-0.15, -0.1) is 0 Å². The standard InChI is InChI=1S/C15H15FN6O2S/c1-8-13(22(23)24)9(2)21(19-8)10(3)14-17-18-15(25)20(14)12-6-4-11(16)5-7-12/h4-7,10H,1-3H3,(H,18,25)/t10-/m1/s1. The summed E-state index contributed by atoms with van der Waals surface area (Å²) in [6, 6.07) is 5.39. The van der Waals surface area contributed by atoms with Crippen molar-refractivity contribution < 1.29 is 9.31 Å². The van der Waals surface area contributed by atoms with Crippen LogP contribution < -0.4 is 0 Å². The molecule has 3 aromatic rings. The predicted molar refractivity (Wildman–Crippen MR) is 90.9 cm³/mol. The zero-order chi connectivity index (χ0) is 18.3. The van der Waals surface area contributed by atoms with Crippen molar-refractivity contribution in [3.05, 3.63) is 62.2 Å². The third-order valence-electron chi connectivity index (χ3n) is 3.99. The molecule has 0 saturated carbocycles. The Morgan fingerprint density at radius 2 is 1.96 bits per heavy atom. The number of nitro groups is 1. The van der Waals surface area contributed by atoms with Crippen molar-refractivity contribution in [2.45, 2.75) is 26.8 Å². The molecule has 0 aliphatic rings. The van der Waals surface area contributed by atoms with Gasteiger partial charge < -0.3 is 0 Å². The van der Waals surface area contributed by atoms with Crippen molar-refractivity contribution in [2.75, 3.05) is 0 Å². The van der Waals surface area contributed by atoms with E-state index in [1.54, 1.807) is 35.2 Å². The van der Waals surface area contributed by atoms with Crippen molar-refractivity contribution in [3.63, 3.8) is 0 Å². The van der Waals surface area contributed by atoms with Gasteiger partial charge in [0.25, 0.3) is 0 Å². The average molecular weight is 362 g/mol. The number of aryl methyl sites for hydroxylation is 1. The Labute approximate surface area is 147 Å². The first kappa shape index (κ1) is 17.0. The van der Waals surface area contributed by atoms with Gasteiger partial charge in [0.1, 0.15) is 23.2 Å². The van der Waals surface area contributed by atoms with Crippen molar-refractivity contribution >= 4 is 17.9 Å². The first-order chi connectivity index (χ1) is 11.8. The minimum absolute atomic E-state index is 0.0192. The molecule has 0 fully saturated rings. The van der Waals surface area contributed by atoms with Crippen LogP contribution in [0.25, 0.3) is 5.69 Å². The summed E-state index contributed by atoms with van der Waals surface area (Å²) < 4.78 is 16.7. The zero-order valence-corrected chi connectivity index (χ0v) is 14.5. The van der Waals surface area contributed by atoms with Crippen LogP contribution >= 0.6 is 12.2 Å². The van der Waals surface area contributed by atoms with E-state index >= 15 is 0 Å². The summed E-state index contributed by atoms with van der Waals surface area (Å²) in [5.41, 5.74) is 1.37. The number of rotatable bonds is 4. The number of nitrogens with one attached hydrogen (secondary N) is 1. The van der Waals surface area contributed by atoms with Gasteiger partial charge in [-0.2, -0.15) is 10.2 Å². The molecule has 0 unspecified atom stereocenters. The van der Waals surface area contributed by atoms with E-state index in [9.17, 15) is 14.5 Å². The van der Waals surface area contributed by atoms with E-state index in [1.165, 1.54) is 12.1 Å². The topological polar surface area (TPSA) is 94.6 Å². The lowest BCUT2D eigenvalue weighted by atomic mass is 10.2. The Hall–Kier alpha value is -2.88. The molecule has 0 amide bonds. The van der Waals surface area contributed by atoms with E-state index in [0.717, 1.165) is 0 Å². The predicted octanol–water partition coefficient (Wildman–Crippen LogP) is 3.40. The van der Waals surface area contributed by atoms with Crippen molar-refractivity contribution in [3.8, 4) is 5.69 Å². The fourth-order valence-electron chi connectivity index (χ4n) is 2.83. The molecular formula is C15H15FN6O2S. The number of aromatic amines is 1. The van der Waals surface area contributed by atoms with Crippen LogP contribution in [0, 0.1) is 34.6 Å².